The molecule has 34 heavy (non-hydrogen) atoms. The summed E-state index contributed by atoms with van der Waals surface area (Å²) in [4.78, 5) is 13.3. The lowest BCUT2D eigenvalue weighted by Crippen LogP contribution is -2.24. The minimum Gasteiger partial charge on any atom is -0.356 e. The number of hydrogen-bond acceptors (Lipinski definition) is 6. The first kappa shape index (κ1) is 20.4. The SMILES string of the molecule is O=c1c2ccccc2n2c(SCc3cc(-c4ccccc4)on3)nnc2n1Cc1ccccc1. The van der Waals surface area contributed by atoms with Crippen molar-refractivity contribution in [3.8, 4) is 11.3 Å². The third kappa shape index (κ3) is 3.68. The standard InChI is InChI=1S/C26H19N5O2S/c32-24-21-13-7-8-14-22(21)31-25(30(24)16-18-9-3-1-4-10-18)27-28-26(31)34-17-20-15-23(33-29-20)19-11-5-2-6-12-19/h1-15H,16-17H2. The molecule has 0 fully saturated rings. The van der Waals surface area contributed by atoms with Crippen molar-refractivity contribution in [2.45, 2.75) is 17.5 Å². The first-order valence-electron chi connectivity index (χ1n) is 10.8. The van der Waals surface area contributed by atoms with Crippen LogP contribution in [0.5, 0.6) is 0 Å². The zero-order valence-electron chi connectivity index (χ0n) is 18.0. The molecule has 6 aromatic rings. The molecule has 0 N–H and O–H groups in total. The summed E-state index contributed by atoms with van der Waals surface area (Å²) in [5.41, 5.74) is 3.51. The van der Waals surface area contributed by atoms with Gasteiger partial charge in [-0.05, 0) is 17.7 Å². The molecular weight excluding hydrogens is 446 g/mol. The van der Waals surface area contributed by atoms with Crippen LogP contribution in [-0.2, 0) is 12.3 Å². The number of nitrogens with zero attached hydrogens (tertiary/aromatic N) is 5. The molecule has 0 spiro atoms. The molecule has 166 valence electrons. The molecule has 3 heterocycles. The lowest BCUT2D eigenvalue weighted by Gasteiger charge is -2.11. The number of rotatable bonds is 6. The summed E-state index contributed by atoms with van der Waals surface area (Å²) in [5.74, 6) is 1.80. The molecule has 0 saturated carbocycles. The predicted octanol–water partition coefficient (Wildman–Crippen LogP) is 5.04. The molecule has 7 nitrogen and oxygen atoms in total. The highest BCUT2D eigenvalue weighted by Gasteiger charge is 2.18. The molecule has 0 saturated heterocycles. The minimum atomic E-state index is -0.0834. The number of hydrogen-bond donors (Lipinski definition) is 0. The molecule has 0 atom stereocenters. The van der Waals surface area contributed by atoms with Gasteiger partial charge in [0.2, 0.25) is 5.78 Å². The molecular formula is C26H19N5O2S. The van der Waals surface area contributed by atoms with E-state index in [9.17, 15) is 4.79 Å². The Morgan fingerprint density at radius 1 is 0.853 bits per heavy atom. The molecule has 0 aliphatic heterocycles. The molecule has 0 amide bonds. The van der Waals surface area contributed by atoms with E-state index in [-0.39, 0.29) is 5.56 Å². The lowest BCUT2D eigenvalue weighted by atomic mass is 10.2. The summed E-state index contributed by atoms with van der Waals surface area (Å²) >= 11 is 1.51. The summed E-state index contributed by atoms with van der Waals surface area (Å²) in [5, 5.41) is 14.4. The summed E-state index contributed by atoms with van der Waals surface area (Å²) in [7, 11) is 0. The van der Waals surface area contributed by atoms with E-state index >= 15 is 0 Å². The van der Waals surface area contributed by atoms with E-state index in [0.717, 1.165) is 28.1 Å². The summed E-state index contributed by atoms with van der Waals surface area (Å²) in [6.07, 6.45) is 0. The Kier molecular flexibility index (Phi) is 5.20. The Morgan fingerprint density at radius 2 is 1.59 bits per heavy atom. The van der Waals surface area contributed by atoms with Crippen LogP contribution in [0.4, 0.5) is 0 Å². The number of fused-ring (bicyclic) bond motifs is 3. The van der Waals surface area contributed by atoms with Crippen molar-refractivity contribution in [3.63, 3.8) is 0 Å². The van der Waals surface area contributed by atoms with Gasteiger partial charge in [0.15, 0.2) is 10.9 Å². The maximum absolute atomic E-state index is 13.3. The topological polar surface area (TPSA) is 78.2 Å². The van der Waals surface area contributed by atoms with Gasteiger partial charge in [-0.2, -0.15) is 0 Å². The van der Waals surface area contributed by atoms with Gasteiger partial charge in [-0.25, -0.2) is 0 Å². The van der Waals surface area contributed by atoms with Crippen LogP contribution in [0, 0.1) is 0 Å². The van der Waals surface area contributed by atoms with Gasteiger partial charge >= 0.3 is 0 Å². The van der Waals surface area contributed by atoms with Crippen LogP contribution in [0.1, 0.15) is 11.3 Å². The largest absolute Gasteiger partial charge is 0.356 e. The zero-order valence-corrected chi connectivity index (χ0v) is 18.9. The Bertz CT molecular complexity index is 1660. The molecule has 0 aliphatic carbocycles. The Balaban J connectivity index is 1.38. The average molecular weight is 466 g/mol. The summed E-state index contributed by atoms with van der Waals surface area (Å²) < 4.78 is 9.15. The molecule has 3 aromatic heterocycles. The highest BCUT2D eigenvalue weighted by Crippen LogP contribution is 2.27. The van der Waals surface area contributed by atoms with Crippen molar-refractivity contribution in [2.24, 2.45) is 0 Å². The Morgan fingerprint density at radius 3 is 2.41 bits per heavy atom. The molecule has 3 aromatic carbocycles. The van der Waals surface area contributed by atoms with Crippen molar-refractivity contribution in [1.82, 2.24) is 24.3 Å². The third-order valence-corrected chi connectivity index (χ3v) is 6.59. The molecule has 0 bridgehead atoms. The van der Waals surface area contributed by atoms with E-state index in [4.69, 9.17) is 4.52 Å². The molecule has 0 aliphatic rings. The van der Waals surface area contributed by atoms with Crippen LogP contribution in [-0.4, -0.2) is 24.3 Å². The van der Waals surface area contributed by atoms with Crippen LogP contribution in [0.2, 0.25) is 0 Å². The number of aromatic nitrogens is 5. The first-order valence-corrected chi connectivity index (χ1v) is 11.8. The van der Waals surface area contributed by atoms with E-state index < -0.39 is 0 Å². The third-order valence-electron chi connectivity index (χ3n) is 5.63. The van der Waals surface area contributed by atoms with Crippen molar-refractivity contribution in [3.05, 3.63) is 113 Å². The summed E-state index contributed by atoms with van der Waals surface area (Å²) in [6, 6.07) is 29.3. The van der Waals surface area contributed by atoms with Crippen LogP contribution in [0.15, 0.2) is 105 Å². The maximum atomic E-state index is 13.3. The zero-order chi connectivity index (χ0) is 22.9. The van der Waals surface area contributed by atoms with Crippen LogP contribution < -0.4 is 5.56 Å². The van der Waals surface area contributed by atoms with Gasteiger partial charge in [0, 0.05) is 17.4 Å². The van der Waals surface area contributed by atoms with Crippen molar-refractivity contribution < 1.29 is 4.52 Å². The Labute approximate surface area is 198 Å². The fourth-order valence-electron chi connectivity index (χ4n) is 3.99. The van der Waals surface area contributed by atoms with Crippen LogP contribution in [0.3, 0.4) is 0 Å². The van der Waals surface area contributed by atoms with E-state index in [1.165, 1.54) is 11.8 Å². The van der Waals surface area contributed by atoms with E-state index in [1.54, 1.807) is 4.57 Å². The normalized spacial score (nSPS) is 11.4. The van der Waals surface area contributed by atoms with Crippen LogP contribution in [0.25, 0.3) is 28.0 Å². The number of para-hydroxylation sites is 1. The van der Waals surface area contributed by atoms with Gasteiger partial charge in [0.1, 0.15) is 0 Å². The van der Waals surface area contributed by atoms with Crippen molar-refractivity contribution in [1.29, 1.82) is 0 Å². The second-order valence-corrected chi connectivity index (χ2v) is 8.79. The monoisotopic (exact) mass is 465 g/mol. The molecule has 8 heteroatoms. The highest BCUT2D eigenvalue weighted by molar-refractivity contribution is 7.98. The van der Waals surface area contributed by atoms with Gasteiger partial charge in [0.25, 0.3) is 5.56 Å². The fraction of sp³-hybridized carbons (Fsp3) is 0.0769. The van der Waals surface area contributed by atoms with Gasteiger partial charge in [-0.15, -0.1) is 10.2 Å². The van der Waals surface area contributed by atoms with Crippen molar-refractivity contribution >= 4 is 28.4 Å². The van der Waals surface area contributed by atoms with E-state index in [0.29, 0.717) is 28.6 Å². The average Bonchev–Trinajstić information content (AvgIpc) is 3.54. The lowest BCUT2D eigenvalue weighted by molar-refractivity contribution is 0.426. The van der Waals surface area contributed by atoms with Gasteiger partial charge in [-0.3, -0.25) is 13.8 Å². The second kappa shape index (κ2) is 8.64. The predicted molar refractivity (Wildman–Crippen MR) is 132 cm³/mol. The molecule has 6 rings (SSSR count). The highest BCUT2D eigenvalue weighted by atomic mass is 32.2. The molecule has 0 unspecified atom stereocenters. The maximum Gasteiger partial charge on any atom is 0.263 e. The number of benzene rings is 3. The minimum absolute atomic E-state index is 0.0834. The van der Waals surface area contributed by atoms with E-state index in [1.807, 2.05) is 95.4 Å². The fourth-order valence-corrected chi connectivity index (χ4v) is 4.81. The summed E-state index contributed by atoms with van der Waals surface area (Å²) in [6.45, 7) is 0.417. The quantitative estimate of drug-likeness (QED) is 0.321. The van der Waals surface area contributed by atoms with Gasteiger partial charge < -0.3 is 4.52 Å². The second-order valence-electron chi connectivity index (χ2n) is 7.85. The number of thioether (sulfide) groups is 1. The van der Waals surface area contributed by atoms with Crippen LogP contribution >= 0.6 is 11.8 Å². The van der Waals surface area contributed by atoms with Gasteiger partial charge in [0.05, 0.1) is 23.1 Å². The first-order chi connectivity index (χ1) is 16.8. The Hall–Kier alpha value is -4.17. The van der Waals surface area contributed by atoms with Gasteiger partial charge in [-0.1, -0.05) is 89.7 Å². The smallest absolute Gasteiger partial charge is 0.263 e. The van der Waals surface area contributed by atoms with E-state index in [2.05, 4.69) is 15.4 Å². The van der Waals surface area contributed by atoms with Crippen molar-refractivity contribution in [2.75, 3.05) is 0 Å². The molecule has 0 radical (unpaired) electrons.